The largest absolute Gasteiger partial charge is 0.332 e. The third kappa shape index (κ3) is 6.27. The van der Waals surface area contributed by atoms with E-state index in [-0.39, 0.29) is 29.6 Å². The molecular weight excluding hydrogens is 403 g/mol. The van der Waals surface area contributed by atoms with Gasteiger partial charge in [0.2, 0.25) is 11.8 Å². The van der Waals surface area contributed by atoms with Gasteiger partial charge in [-0.1, -0.05) is 61.5 Å². The van der Waals surface area contributed by atoms with Crippen molar-refractivity contribution in [2.45, 2.75) is 45.7 Å². The van der Waals surface area contributed by atoms with Crippen LogP contribution in [0.3, 0.4) is 0 Å². The number of rotatable bonds is 8. The molecule has 0 aromatic heterocycles. The van der Waals surface area contributed by atoms with Gasteiger partial charge in [0.15, 0.2) is 0 Å². The summed E-state index contributed by atoms with van der Waals surface area (Å²) in [7, 11) is 0. The molecule has 0 bridgehead atoms. The van der Waals surface area contributed by atoms with Crippen molar-refractivity contribution in [2.24, 2.45) is 0 Å². The van der Waals surface area contributed by atoms with Crippen LogP contribution in [0, 0.1) is 5.82 Å². The molecule has 5 heteroatoms. The van der Waals surface area contributed by atoms with Crippen molar-refractivity contribution < 1.29 is 14.0 Å². The molecule has 0 aliphatic rings. The van der Waals surface area contributed by atoms with Crippen molar-refractivity contribution in [2.75, 3.05) is 5.32 Å². The first-order chi connectivity index (χ1) is 15.3. The first-order valence-corrected chi connectivity index (χ1v) is 10.8. The maximum absolute atomic E-state index is 13.5. The molecular formula is C27H29FN2O2. The molecule has 1 N–H and O–H groups in total. The van der Waals surface area contributed by atoms with Crippen LogP contribution >= 0.6 is 0 Å². The lowest BCUT2D eigenvalue weighted by Gasteiger charge is -2.31. The number of benzene rings is 3. The van der Waals surface area contributed by atoms with Crippen molar-refractivity contribution in [1.82, 2.24) is 4.90 Å². The van der Waals surface area contributed by atoms with Gasteiger partial charge >= 0.3 is 0 Å². The van der Waals surface area contributed by atoms with Crippen LogP contribution in [-0.2, 0) is 16.1 Å². The Labute approximate surface area is 189 Å². The standard InChI is InChI=1S/C27H29FN2O2/c1-19(23-12-14-25(28)15-13-23)16-27(32)30(18-22-8-5-4-6-9-22)20(2)24-10-7-11-26(17-24)29-21(3)31/h4-15,17,19-20H,16,18H2,1-3H3,(H,29,31). The SMILES string of the molecule is CC(=O)Nc1cccc(C(C)N(Cc2ccccc2)C(=O)CC(C)c2ccc(F)cc2)c1. The second-order valence-electron chi connectivity index (χ2n) is 8.15. The summed E-state index contributed by atoms with van der Waals surface area (Å²) in [6.45, 7) is 5.92. The Hall–Kier alpha value is -3.47. The quantitative estimate of drug-likeness (QED) is 0.470. The summed E-state index contributed by atoms with van der Waals surface area (Å²) < 4.78 is 13.3. The van der Waals surface area contributed by atoms with Gasteiger partial charge in [-0.15, -0.1) is 0 Å². The Bertz CT molecular complexity index is 1050. The Morgan fingerprint density at radius 3 is 2.25 bits per heavy atom. The highest BCUT2D eigenvalue weighted by Gasteiger charge is 2.24. The molecule has 4 nitrogen and oxygen atoms in total. The second-order valence-corrected chi connectivity index (χ2v) is 8.15. The Balaban J connectivity index is 1.84. The fraction of sp³-hybridized carbons (Fsp3) is 0.259. The summed E-state index contributed by atoms with van der Waals surface area (Å²) in [6, 6.07) is 23.6. The average Bonchev–Trinajstić information content (AvgIpc) is 2.77. The van der Waals surface area contributed by atoms with Crippen LogP contribution in [0.5, 0.6) is 0 Å². The highest BCUT2D eigenvalue weighted by molar-refractivity contribution is 5.88. The van der Waals surface area contributed by atoms with E-state index in [1.165, 1.54) is 19.1 Å². The van der Waals surface area contributed by atoms with Crippen molar-refractivity contribution in [3.8, 4) is 0 Å². The monoisotopic (exact) mass is 432 g/mol. The first kappa shape index (κ1) is 23.2. The summed E-state index contributed by atoms with van der Waals surface area (Å²) in [6.07, 6.45) is 0.314. The van der Waals surface area contributed by atoms with Gasteiger partial charge in [-0.05, 0) is 53.8 Å². The third-order valence-electron chi connectivity index (χ3n) is 5.59. The van der Waals surface area contributed by atoms with Gasteiger partial charge in [0, 0.05) is 25.6 Å². The fourth-order valence-electron chi connectivity index (χ4n) is 3.77. The van der Waals surface area contributed by atoms with Gasteiger partial charge in [-0.2, -0.15) is 0 Å². The molecule has 3 aromatic carbocycles. The number of hydrogen-bond acceptors (Lipinski definition) is 2. The molecule has 2 atom stereocenters. The van der Waals surface area contributed by atoms with E-state index in [1.54, 1.807) is 12.1 Å². The molecule has 3 aromatic rings. The van der Waals surface area contributed by atoms with Crippen LogP contribution in [-0.4, -0.2) is 16.7 Å². The maximum atomic E-state index is 13.5. The normalized spacial score (nSPS) is 12.6. The lowest BCUT2D eigenvalue weighted by atomic mass is 9.96. The third-order valence-corrected chi connectivity index (χ3v) is 5.59. The molecule has 166 valence electrons. The van der Waals surface area contributed by atoms with E-state index in [9.17, 15) is 14.0 Å². The predicted molar refractivity (Wildman–Crippen MR) is 126 cm³/mol. The van der Waals surface area contributed by atoms with Crippen LogP contribution in [0.2, 0.25) is 0 Å². The molecule has 0 aliphatic heterocycles. The molecule has 0 saturated heterocycles. The average molecular weight is 433 g/mol. The highest BCUT2D eigenvalue weighted by atomic mass is 19.1. The number of carbonyl (C=O) groups excluding carboxylic acids is 2. The lowest BCUT2D eigenvalue weighted by molar-refractivity contribution is -0.134. The van der Waals surface area contributed by atoms with Crippen molar-refractivity contribution in [3.63, 3.8) is 0 Å². The summed E-state index contributed by atoms with van der Waals surface area (Å²) in [5, 5.41) is 2.80. The molecule has 0 spiro atoms. The van der Waals surface area contributed by atoms with Crippen LogP contribution in [0.25, 0.3) is 0 Å². The molecule has 0 heterocycles. The lowest BCUT2D eigenvalue weighted by Crippen LogP contribution is -2.34. The van der Waals surface area contributed by atoms with E-state index in [2.05, 4.69) is 5.32 Å². The number of nitrogens with one attached hydrogen (secondary N) is 1. The predicted octanol–water partition coefficient (Wildman–Crippen LogP) is 6.07. The zero-order valence-corrected chi connectivity index (χ0v) is 18.7. The van der Waals surface area contributed by atoms with E-state index < -0.39 is 0 Å². The summed E-state index contributed by atoms with van der Waals surface area (Å²) in [4.78, 5) is 26.8. The van der Waals surface area contributed by atoms with Crippen LogP contribution in [0.1, 0.15) is 55.8 Å². The summed E-state index contributed by atoms with van der Waals surface area (Å²) in [5.74, 6) is -0.451. The zero-order chi connectivity index (χ0) is 23.1. The van der Waals surface area contributed by atoms with Crippen LogP contribution in [0.4, 0.5) is 10.1 Å². The number of anilines is 1. The number of hydrogen-bond donors (Lipinski definition) is 1. The maximum Gasteiger partial charge on any atom is 0.223 e. The molecule has 2 unspecified atom stereocenters. The van der Waals surface area contributed by atoms with Gasteiger partial charge in [-0.25, -0.2) is 4.39 Å². The van der Waals surface area contributed by atoms with Crippen LogP contribution < -0.4 is 5.32 Å². The van der Waals surface area contributed by atoms with Gasteiger partial charge in [0.1, 0.15) is 5.82 Å². The Kier molecular flexibility index (Phi) is 7.77. The molecule has 0 fully saturated rings. The smallest absolute Gasteiger partial charge is 0.223 e. The molecule has 0 radical (unpaired) electrons. The Morgan fingerprint density at radius 1 is 0.906 bits per heavy atom. The molecule has 0 aliphatic carbocycles. The van der Waals surface area contributed by atoms with E-state index in [1.807, 2.05) is 73.3 Å². The number of halogens is 1. The Morgan fingerprint density at radius 2 is 1.59 bits per heavy atom. The molecule has 2 amide bonds. The van der Waals surface area contributed by atoms with Crippen molar-refractivity contribution in [1.29, 1.82) is 0 Å². The van der Waals surface area contributed by atoms with E-state index in [4.69, 9.17) is 0 Å². The van der Waals surface area contributed by atoms with E-state index in [0.29, 0.717) is 18.7 Å². The number of amides is 2. The second kappa shape index (κ2) is 10.7. The number of nitrogens with zero attached hydrogens (tertiary/aromatic N) is 1. The van der Waals surface area contributed by atoms with Crippen molar-refractivity contribution >= 4 is 17.5 Å². The van der Waals surface area contributed by atoms with Crippen molar-refractivity contribution in [3.05, 3.63) is 101 Å². The first-order valence-electron chi connectivity index (χ1n) is 10.8. The molecule has 32 heavy (non-hydrogen) atoms. The van der Waals surface area contributed by atoms with E-state index >= 15 is 0 Å². The van der Waals surface area contributed by atoms with Crippen LogP contribution in [0.15, 0.2) is 78.9 Å². The fourth-order valence-corrected chi connectivity index (χ4v) is 3.77. The van der Waals surface area contributed by atoms with Gasteiger partial charge in [-0.3, -0.25) is 9.59 Å². The molecule has 3 rings (SSSR count). The molecule has 0 saturated carbocycles. The van der Waals surface area contributed by atoms with Gasteiger partial charge < -0.3 is 10.2 Å². The minimum atomic E-state index is -0.286. The van der Waals surface area contributed by atoms with Gasteiger partial charge in [0.05, 0.1) is 6.04 Å². The van der Waals surface area contributed by atoms with E-state index in [0.717, 1.165) is 16.7 Å². The highest BCUT2D eigenvalue weighted by Crippen LogP contribution is 2.28. The summed E-state index contributed by atoms with van der Waals surface area (Å²) in [5.41, 5.74) is 3.61. The topological polar surface area (TPSA) is 49.4 Å². The number of carbonyl (C=O) groups is 2. The minimum absolute atomic E-state index is 0.0168. The zero-order valence-electron chi connectivity index (χ0n) is 18.7. The van der Waals surface area contributed by atoms with Gasteiger partial charge in [0.25, 0.3) is 0 Å². The minimum Gasteiger partial charge on any atom is -0.332 e. The summed E-state index contributed by atoms with van der Waals surface area (Å²) >= 11 is 0.